The van der Waals surface area contributed by atoms with E-state index in [4.69, 9.17) is 11.6 Å². The molecule has 1 aromatic carbocycles. The summed E-state index contributed by atoms with van der Waals surface area (Å²) in [6.07, 6.45) is 2.04. The van der Waals surface area contributed by atoms with Crippen LogP contribution < -0.4 is 10.6 Å². The van der Waals surface area contributed by atoms with Crippen molar-refractivity contribution in [1.82, 2.24) is 10.2 Å². The van der Waals surface area contributed by atoms with E-state index in [-0.39, 0.29) is 11.8 Å². The van der Waals surface area contributed by atoms with E-state index in [1.807, 2.05) is 17.3 Å². The number of likely N-dealkylation sites (tertiary alicyclic amines) is 1. The number of carbonyl (C=O) groups is 2. The average Bonchev–Trinajstić information content (AvgIpc) is 3.09. The highest BCUT2D eigenvalue weighted by molar-refractivity contribution is 7.14. The van der Waals surface area contributed by atoms with Crippen LogP contribution in [0.2, 0.25) is 5.02 Å². The molecule has 0 spiro atoms. The van der Waals surface area contributed by atoms with Gasteiger partial charge in [-0.3, -0.25) is 9.59 Å². The van der Waals surface area contributed by atoms with Gasteiger partial charge in [0.15, 0.2) is 0 Å². The molecule has 0 saturated carbocycles. The molecule has 5 nitrogen and oxygen atoms in total. The molecule has 0 aliphatic carbocycles. The van der Waals surface area contributed by atoms with Crippen molar-refractivity contribution in [2.45, 2.75) is 18.9 Å². The van der Waals surface area contributed by atoms with Crippen molar-refractivity contribution >= 4 is 39.8 Å². The van der Waals surface area contributed by atoms with Gasteiger partial charge in [0, 0.05) is 19.1 Å². The Bertz CT molecular complexity index is 777. The Kier molecular flexibility index (Phi) is 5.73. The molecule has 1 atom stereocenters. The quantitative estimate of drug-likeness (QED) is 0.857. The molecule has 3 rings (SSSR count). The Labute approximate surface area is 156 Å². The van der Waals surface area contributed by atoms with E-state index >= 15 is 0 Å². The fourth-order valence-corrected chi connectivity index (χ4v) is 3.95. The number of thiophene rings is 1. The maximum Gasteiger partial charge on any atom is 0.257 e. The van der Waals surface area contributed by atoms with Gasteiger partial charge in [0.1, 0.15) is 5.00 Å². The van der Waals surface area contributed by atoms with Crippen LogP contribution in [0.4, 0.5) is 5.00 Å². The number of piperidine rings is 1. The zero-order valence-electron chi connectivity index (χ0n) is 13.9. The average molecular weight is 378 g/mol. The van der Waals surface area contributed by atoms with E-state index in [0.29, 0.717) is 33.7 Å². The van der Waals surface area contributed by atoms with Crippen LogP contribution in [0, 0.1) is 0 Å². The van der Waals surface area contributed by atoms with Gasteiger partial charge in [0.05, 0.1) is 16.1 Å². The van der Waals surface area contributed by atoms with Crippen LogP contribution in [-0.2, 0) is 0 Å². The third kappa shape index (κ3) is 4.03. The van der Waals surface area contributed by atoms with Crippen molar-refractivity contribution in [2.75, 3.05) is 25.5 Å². The lowest BCUT2D eigenvalue weighted by atomic mass is 10.1. The van der Waals surface area contributed by atoms with Crippen molar-refractivity contribution in [1.29, 1.82) is 0 Å². The van der Waals surface area contributed by atoms with E-state index in [1.165, 1.54) is 11.3 Å². The summed E-state index contributed by atoms with van der Waals surface area (Å²) < 4.78 is 0. The highest BCUT2D eigenvalue weighted by atomic mass is 35.5. The lowest BCUT2D eigenvalue weighted by molar-refractivity contribution is 0.0699. The summed E-state index contributed by atoms with van der Waals surface area (Å²) in [7, 11) is 1.92. The van der Waals surface area contributed by atoms with E-state index in [1.54, 1.807) is 30.3 Å². The number of benzene rings is 1. The molecule has 1 saturated heterocycles. The van der Waals surface area contributed by atoms with Crippen molar-refractivity contribution < 1.29 is 9.59 Å². The summed E-state index contributed by atoms with van der Waals surface area (Å²) in [5, 5.41) is 8.82. The Balaban J connectivity index is 1.75. The zero-order valence-corrected chi connectivity index (χ0v) is 15.5. The summed E-state index contributed by atoms with van der Waals surface area (Å²) in [6.45, 7) is 1.42. The molecular formula is C18H20ClN3O2S. The SMILES string of the molecule is CNC1CCCN(C(=O)c2ccsc2NC(=O)c2ccccc2Cl)C1. The number of amides is 2. The van der Waals surface area contributed by atoms with Crippen LogP contribution in [0.25, 0.3) is 0 Å². The number of nitrogens with one attached hydrogen (secondary N) is 2. The van der Waals surface area contributed by atoms with Crippen LogP contribution in [0.1, 0.15) is 33.6 Å². The molecule has 132 valence electrons. The molecule has 1 unspecified atom stereocenters. The largest absolute Gasteiger partial charge is 0.337 e. The molecule has 1 aliphatic heterocycles. The third-order valence-corrected chi connectivity index (χ3v) is 5.52. The molecule has 1 aliphatic rings. The second-order valence-electron chi connectivity index (χ2n) is 5.98. The first-order chi connectivity index (χ1) is 12.1. The Morgan fingerprint density at radius 2 is 2.04 bits per heavy atom. The second kappa shape index (κ2) is 7.99. The topological polar surface area (TPSA) is 61.4 Å². The van der Waals surface area contributed by atoms with Gasteiger partial charge < -0.3 is 15.5 Å². The number of anilines is 1. The lowest BCUT2D eigenvalue weighted by Crippen LogP contribution is -2.47. The highest BCUT2D eigenvalue weighted by Gasteiger charge is 2.26. The van der Waals surface area contributed by atoms with E-state index in [2.05, 4.69) is 10.6 Å². The molecule has 0 radical (unpaired) electrons. The van der Waals surface area contributed by atoms with E-state index < -0.39 is 0 Å². The summed E-state index contributed by atoms with van der Waals surface area (Å²) >= 11 is 7.41. The minimum absolute atomic E-state index is 0.0457. The van der Waals surface area contributed by atoms with Gasteiger partial charge >= 0.3 is 0 Å². The van der Waals surface area contributed by atoms with Gasteiger partial charge in [0.2, 0.25) is 0 Å². The van der Waals surface area contributed by atoms with Gasteiger partial charge in [-0.25, -0.2) is 0 Å². The normalized spacial score (nSPS) is 17.4. The van der Waals surface area contributed by atoms with E-state index in [0.717, 1.165) is 19.4 Å². The molecule has 2 heterocycles. The summed E-state index contributed by atoms with van der Waals surface area (Å²) in [6, 6.07) is 8.94. The van der Waals surface area contributed by atoms with Gasteiger partial charge in [-0.2, -0.15) is 0 Å². The first-order valence-corrected chi connectivity index (χ1v) is 9.46. The monoisotopic (exact) mass is 377 g/mol. The smallest absolute Gasteiger partial charge is 0.257 e. The molecule has 2 amide bonds. The summed E-state index contributed by atoms with van der Waals surface area (Å²) in [4.78, 5) is 27.2. The fourth-order valence-electron chi connectivity index (χ4n) is 2.96. The number of hydrogen-bond acceptors (Lipinski definition) is 4. The standard InChI is InChI=1S/C18H20ClN3O2S/c1-20-12-5-4-9-22(11-12)18(24)14-8-10-25-17(14)21-16(23)13-6-2-3-7-15(13)19/h2-3,6-8,10,12,20H,4-5,9,11H2,1H3,(H,21,23). The second-order valence-corrected chi connectivity index (χ2v) is 7.30. The highest BCUT2D eigenvalue weighted by Crippen LogP contribution is 2.27. The third-order valence-electron chi connectivity index (χ3n) is 4.36. The first kappa shape index (κ1) is 17.9. The minimum Gasteiger partial charge on any atom is -0.337 e. The number of likely N-dealkylation sites (N-methyl/N-ethyl adjacent to an activating group) is 1. The number of carbonyl (C=O) groups excluding carboxylic acids is 2. The molecule has 7 heteroatoms. The van der Waals surface area contributed by atoms with Crippen molar-refractivity contribution in [3.8, 4) is 0 Å². The van der Waals surface area contributed by atoms with Crippen LogP contribution >= 0.6 is 22.9 Å². The predicted molar refractivity (Wildman–Crippen MR) is 102 cm³/mol. The van der Waals surface area contributed by atoms with E-state index in [9.17, 15) is 9.59 Å². The summed E-state index contributed by atoms with van der Waals surface area (Å²) in [5.41, 5.74) is 0.923. The first-order valence-electron chi connectivity index (χ1n) is 8.20. The molecule has 2 N–H and O–H groups in total. The van der Waals surface area contributed by atoms with Crippen LogP contribution in [-0.4, -0.2) is 42.9 Å². The zero-order chi connectivity index (χ0) is 17.8. The van der Waals surface area contributed by atoms with Gasteiger partial charge in [-0.05, 0) is 43.5 Å². The van der Waals surface area contributed by atoms with Crippen molar-refractivity contribution in [3.63, 3.8) is 0 Å². The number of nitrogens with zero attached hydrogens (tertiary/aromatic N) is 1. The maximum atomic E-state index is 12.9. The molecule has 1 aromatic heterocycles. The number of halogens is 1. The molecule has 25 heavy (non-hydrogen) atoms. The Hall–Kier alpha value is -1.89. The van der Waals surface area contributed by atoms with Crippen LogP contribution in [0.15, 0.2) is 35.7 Å². The minimum atomic E-state index is -0.311. The van der Waals surface area contributed by atoms with Gasteiger partial charge in [-0.1, -0.05) is 23.7 Å². The molecule has 0 bridgehead atoms. The number of rotatable bonds is 4. The molecular weight excluding hydrogens is 358 g/mol. The molecule has 2 aromatic rings. The Morgan fingerprint density at radius 3 is 2.80 bits per heavy atom. The van der Waals surface area contributed by atoms with Crippen LogP contribution in [0.5, 0.6) is 0 Å². The van der Waals surface area contributed by atoms with Crippen molar-refractivity contribution in [2.24, 2.45) is 0 Å². The van der Waals surface area contributed by atoms with Gasteiger partial charge in [-0.15, -0.1) is 11.3 Å². The van der Waals surface area contributed by atoms with Gasteiger partial charge in [0.25, 0.3) is 11.8 Å². The fraction of sp³-hybridized carbons (Fsp3) is 0.333. The number of hydrogen-bond donors (Lipinski definition) is 2. The maximum absolute atomic E-state index is 12.9. The Morgan fingerprint density at radius 1 is 1.24 bits per heavy atom. The predicted octanol–water partition coefficient (Wildman–Crippen LogP) is 3.48. The van der Waals surface area contributed by atoms with Crippen molar-refractivity contribution in [3.05, 3.63) is 51.9 Å². The summed E-state index contributed by atoms with van der Waals surface area (Å²) in [5.74, 6) is -0.357. The lowest BCUT2D eigenvalue weighted by Gasteiger charge is -2.32. The van der Waals surface area contributed by atoms with Crippen LogP contribution in [0.3, 0.4) is 0 Å². The molecule has 1 fully saturated rings.